The number of alkyl halides is 3. The quantitative estimate of drug-likeness (QED) is 0.824. The van der Waals surface area contributed by atoms with Gasteiger partial charge < -0.3 is 14.6 Å². The van der Waals surface area contributed by atoms with Crippen LogP contribution in [0, 0.1) is 0 Å². The lowest BCUT2D eigenvalue weighted by molar-refractivity contribution is -0.191. The van der Waals surface area contributed by atoms with Gasteiger partial charge in [-0.3, -0.25) is 0 Å². The molecule has 0 aromatic heterocycles. The van der Waals surface area contributed by atoms with E-state index in [-0.39, 0.29) is 16.2 Å². The second-order valence-electron chi connectivity index (χ2n) is 4.94. The Labute approximate surface area is 134 Å². The summed E-state index contributed by atoms with van der Waals surface area (Å²) in [5.41, 5.74) is -0.0466. The maximum absolute atomic E-state index is 13.0. The van der Waals surface area contributed by atoms with E-state index in [1.54, 1.807) is 0 Å². The molecule has 0 fully saturated rings. The highest BCUT2D eigenvalue weighted by molar-refractivity contribution is 7.89. The first-order valence-electron chi connectivity index (χ1n) is 6.35. The number of hydrogen-bond acceptors (Lipinski definition) is 5. The molecule has 0 bridgehead atoms. The molecule has 0 saturated carbocycles. The Morgan fingerprint density at radius 3 is 2.46 bits per heavy atom. The molecule has 1 aliphatic rings. The lowest BCUT2D eigenvalue weighted by Crippen LogP contribution is -2.39. The van der Waals surface area contributed by atoms with Crippen molar-refractivity contribution in [1.29, 1.82) is 0 Å². The van der Waals surface area contributed by atoms with E-state index in [0.717, 1.165) is 28.6 Å². The van der Waals surface area contributed by atoms with E-state index < -0.39 is 34.2 Å². The molecule has 0 aliphatic carbocycles. The van der Waals surface area contributed by atoms with Gasteiger partial charge in [-0.15, -0.1) is 0 Å². The molecular weight excluding hydrogens is 355 g/mol. The second-order valence-corrected chi connectivity index (χ2v) is 7.09. The summed E-state index contributed by atoms with van der Waals surface area (Å²) in [5, 5.41) is 8.57. The minimum Gasteiger partial charge on any atom is -0.472 e. The molecule has 1 N–H and O–H groups in total. The van der Waals surface area contributed by atoms with E-state index in [1.165, 1.54) is 14.1 Å². The Kier molecular flexibility index (Phi) is 4.50. The average molecular weight is 367 g/mol. The van der Waals surface area contributed by atoms with E-state index in [0.29, 0.717) is 0 Å². The van der Waals surface area contributed by atoms with Crippen LogP contribution in [0.25, 0.3) is 6.08 Å². The molecule has 11 heteroatoms. The summed E-state index contributed by atoms with van der Waals surface area (Å²) in [6.07, 6.45) is -8.66. The van der Waals surface area contributed by atoms with Gasteiger partial charge >= 0.3 is 12.3 Å². The molecule has 1 atom stereocenters. The van der Waals surface area contributed by atoms with Crippen LogP contribution in [0.3, 0.4) is 0 Å². The van der Waals surface area contributed by atoms with Crippen molar-refractivity contribution >= 4 is 22.3 Å². The molecule has 2 rings (SSSR count). The third-order valence-electron chi connectivity index (χ3n) is 3.06. The number of rotatable bonds is 3. The average Bonchev–Trinajstić information content (AvgIpc) is 2.43. The number of benzene rings is 1. The van der Waals surface area contributed by atoms with Crippen molar-refractivity contribution in [2.45, 2.75) is 17.2 Å². The highest BCUT2D eigenvalue weighted by atomic mass is 32.2. The number of fused-ring (bicyclic) bond motifs is 1. The lowest BCUT2D eigenvalue weighted by atomic mass is 10.1. The molecule has 1 unspecified atom stereocenters. The molecule has 0 spiro atoms. The van der Waals surface area contributed by atoms with Crippen molar-refractivity contribution in [3.05, 3.63) is 29.5 Å². The SMILES string of the molecule is CN(C)S(=O)(=O)c1ccc2c(c1)C=C(OC(=O)O)C(C(F)(F)F)O2. The monoisotopic (exact) mass is 367 g/mol. The van der Waals surface area contributed by atoms with E-state index >= 15 is 0 Å². The first kappa shape index (κ1) is 18.1. The number of carboxylic acid groups (broad SMARTS) is 1. The van der Waals surface area contributed by atoms with Gasteiger partial charge in [0.05, 0.1) is 4.90 Å². The van der Waals surface area contributed by atoms with Gasteiger partial charge in [-0.1, -0.05) is 0 Å². The van der Waals surface area contributed by atoms with Gasteiger partial charge in [-0.2, -0.15) is 13.2 Å². The molecular formula is C13H12F3NO6S. The van der Waals surface area contributed by atoms with Gasteiger partial charge in [0.25, 0.3) is 6.10 Å². The summed E-state index contributed by atoms with van der Waals surface area (Å²) in [6, 6.07) is 3.24. The molecule has 24 heavy (non-hydrogen) atoms. The third-order valence-corrected chi connectivity index (χ3v) is 4.87. The van der Waals surface area contributed by atoms with E-state index in [2.05, 4.69) is 4.74 Å². The number of hydrogen-bond donors (Lipinski definition) is 1. The molecule has 1 heterocycles. The second kappa shape index (κ2) is 5.98. The van der Waals surface area contributed by atoms with Crippen molar-refractivity contribution in [3.63, 3.8) is 0 Å². The van der Waals surface area contributed by atoms with Crippen molar-refractivity contribution in [1.82, 2.24) is 4.31 Å². The Morgan fingerprint density at radius 1 is 1.33 bits per heavy atom. The molecule has 0 saturated heterocycles. The van der Waals surface area contributed by atoms with E-state index in [1.807, 2.05) is 0 Å². The minimum absolute atomic E-state index is 0.0466. The Morgan fingerprint density at radius 2 is 1.96 bits per heavy atom. The van der Waals surface area contributed by atoms with Crippen molar-refractivity contribution in [3.8, 4) is 5.75 Å². The summed E-state index contributed by atoms with van der Waals surface area (Å²) in [5.74, 6) is -1.24. The van der Waals surface area contributed by atoms with Crippen molar-refractivity contribution in [2.24, 2.45) is 0 Å². The van der Waals surface area contributed by atoms with Gasteiger partial charge in [0.1, 0.15) is 5.75 Å². The molecule has 7 nitrogen and oxygen atoms in total. The van der Waals surface area contributed by atoms with Gasteiger partial charge in [0.15, 0.2) is 5.76 Å². The van der Waals surface area contributed by atoms with Gasteiger partial charge in [-0.05, 0) is 24.3 Å². The highest BCUT2D eigenvalue weighted by Crippen LogP contribution is 2.38. The smallest absolute Gasteiger partial charge is 0.472 e. The van der Waals surface area contributed by atoms with Crippen LogP contribution in [0.4, 0.5) is 18.0 Å². The fourth-order valence-corrected chi connectivity index (χ4v) is 2.88. The van der Waals surface area contributed by atoms with Crippen LogP contribution < -0.4 is 4.74 Å². The minimum atomic E-state index is -4.91. The van der Waals surface area contributed by atoms with E-state index in [4.69, 9.17) is 9.84 Å². The zero-order valence-electron chi connectivity index (χ0n) is 12.4. The van der Waals surface area contributed by atoms with Crippen LogP contribution in [0.2, 0.25) is 0 Å². The van der Waals surface area contributed by atoms with Crippen LogP contribution in [-0.2, 0) is 14.8 Å². The maximum atomic E-state index is 13.0. The molecule has 1 aliphatic heterocycles. The van der Waals surface area contributed by atoms with Gasteiger partial charge in [0, 0.05) is 19.7 Å². The molecule has 1 aromatic carbocycles. The molecule has 1 aromatic rings. The number of sulfonamides is 1. The largest absolute Gasteiger partial charge is 0.511 e. The van der Waals surface area contributed by atoms with Crippen LogP contribution >= 0.6 is 0 Å². The van der Waals surface area contributed by atoms with E-state index in [9.17, 15) is 26.4 Å². The number of nitrogens with zero attached hydrogens (tertiary/aromatic N) is 1. The van der Waals surface area contributed by atoms with Crippen LogP contribution in [0.1, 0.15) is 5.56 Å². The summed E-state index contributed by atoms with van der Waals surface area (Å²) < 4.78 is 72.8. The van der Waals surface area contributed by atoms with Gasteiger partial charge in [-0.25, -0.2) is 17.5 Å². The summed E-state index contributed by atoms with van der Waals surface area (Å²) >= 11 is 0. The molecule has 132 valence electrons. The summed E-state index contributed by atoms with van der Waals surface area (Å²) in [7, 11) is -1.24. The van der Waals surface area contributed by atoms with Crippen LogP contribution in [-0.4, -0.2) is 50.4 Å². The Bertz CT molecular complexity index is 800. The topological polar surface area (TPSA) is 93.1 Å². The zero-order valence-corrected chi connectivity index (χ0v) is 13.2. The maximum Gasteiger partial charge on any atom is 0.511 e. The lowest BCUT2D eigenvalue weighted by Gasteiger charge is -2.27. The van der Waals surface area contributed by atoms with Crippen LogP contribution in [0.5, 0.6) is 5.75 Å². The van der Waals surface area contributed by atoms with Crippen molar-refractivity contribution in [2.75, 3.05) is 14.1 Å². The summed E-state index contributed by atoms with van der Waals surface area (Å²) in [6.45, 7) is 0. The number of ether oxygens (including phenoxy) is 2. The fraction of sp³-hybridized carbons (Fsp3) is 0.308. The van der Waals surface area contributed by atoms with Gasteiger partial charge in [0.2, 0.25) is 10.0 Å². The predicted molar refractivity (Wildman–Crippen MR) is 74.9 cm³/mol. The molecule has 0 amide bonds. The third kappa shape index (κ3) is 3.46. The highest BCUT2D eigenvalue weighted by Gasteiger charge is 2.48. The normalized spacial score (nSPS) is 17.8. The first-order chi connectivity index (χ1) is 10.9. The van der Waals surface area contributed by atoms with Crippen LogP contribution in [0.15, 0.2) is 28.9 Å². The first-order valence-corrected chi connectivity index (χ1v) is 7.79. The van der Waals surface area contributed by atoms with Crippen molar-refractivity contribution < 1.29 is 41.0 Å². The summed E-state index contributed by atoms with van der Waals surface area (Å²) in [4.78, 5) is 10.4. The Balaban J connectivity index is 2.54. The zero-order chi connectivity index (χ0) is 18.3. The fourth-order valence-electron chi connectivity index (χ4n) is 1.94. The standard InChI is InChI=1S/C13H12F3NO6S/c1-17(2)24(20,21)8-3-4-9-7(5-8)6-10(23-12(18)19)11(22-9)13(14,15)16/h3-6,11H,1-2H3,(H,18,19). The number of carbonyl (C=O) groups is 1. The Hall–Kier alpha value is -2.27. The number of halogens is 3. The predicted octanol–water partition coefficient (Wildman–Crippen LogP) is 2.30. The molecule has 0 radical (unpaired) electrons.